The molecule has 0 bridgehead atoms. The number of nitrogens with zero attached hydrogens (tertiary/aromatic N) is 1. The van der Waals surface area contributed by atoms with Gasteiger partial charge in [-0.15, -0.1) is 0 Å². The molecule has 1 amide bonds. The number of ether oxygens (including phenoxy) is 1. The maximum atomic E-state index is 15.6. The third-order valence-corrected chi connectivity index (χ3v) is 7.31. The lowest BCUT2D eigenvalue weighted by atomic mass is 10.1. The lowest BCUT2D eigenvalue weighted by Crippen LogP contribution is -2.39. The van der Waals surface area contributed by atoms with E-state index in [9.17, 15) is 17.6 Å². The van der Waals surface area contributed by atoms with E-state index < -0.39 is 55.1 Å². The molecule has 0 radical (unpaired) electrons. The van der Waals surface area contributed by atoms with Gasteiger partial charge in [-0.2, -0.15) is 0 Å². The number of nitrogens with one attached hydrogen (secondary N) is 1. The Hall–Kier alpha value is -3.53. The number of rotatable bonds is 6. The van der Waals surface area contributed by atoms with E-state index in [2.05, 4.69) is 5.32 Å². The minimum Gasteiger partial charge on any atom is -0.497 e. The molecule has 34 heavy (non-hydrogen) atoms. The summed E-state index contributed by atoms with van der Waals surface area (Å²) in [5.74, 6) is -6.28. The predicted octanol–water partition coefficient (Wildman–Crippen LogP) is 4.20. The summed E-state index contributed by atoms with van der Waals surface area (Å²) in [5, 5.41) is 2.31. The third kappa shape index (κ3) is 4.45. The van der Waals surface area contributed by atoms with Crippen LogP contribution in [0.5, 0.6) is 5.75 Å². The second-order valence-corrected chi connectivity index (χ2v) is 9.76. The molecule has 0 unspecified atom stereocenters. The molecule has 10 heteroatoms. The quantitative estimate of drug-likeness (QED) is 0.525. The molecule has 1 aliphatic heterocycles. The van der Waals surface area contributed by atoms with Crippen molar-refractivity contribution in [3.8, 4) is 5.75 Å². The Labute approximate surface area is 194 Å². The molecule has 1 heterocycles. The summed E-state index contributed by atoms with van der Waals surface area (Å²) >= 11 is 0. The molecule has 4 rings (SSSR count). The smallest absolute Gasteiger partial charge is 0.261 e. The first-order chi connectivity index (χ1) is 16.2. The number of fused-ring (bicyclic) bond motifs is 1. The molecule has 3 aromatic carbocycles. The highest BCUT2D eigenvalue weighted by Crippen LogP contribution is 2.39. The number of anilines is 2. The molecule has 0 atom stereocenters. The van der Waals surface area contributed by atoms with Crippen LogP contribution < -0.4 is 15.0 Å². The first kappa shape index (κ1) is 23.6. The number of carbonyl (C=O) groups excluding carboxylic acids is 1. The maximum Gasteiger partial charge on any atom is 0.261 e. The van der Waals surface area contributed by atoms with Crippen molar-refractivity contribution < 1.29 is 31.1 Å². The third-order valence-electron chi connectivity index (χ3n) is 5.60. The number of sulfone groups is 1. The van der Waals surface area contributed by atoms with Gasteiger partial charge in [0.1, 0.15) is 16.2 Å². The van der Waals surface area contributed by atoms with Crippen LogP contribution in [-0.2, 0) is 16.3 Å². The van der Waals surface area contributed by atoms with Gasteiger partial charge in [0.25, 0.3) is 5.91 Å². The van der Waals surface area contributed by atoms with E-state index >= 15 is 8.78 Å². The van der Waals surface area contributed by atoms with Gasteiger partial charge in [0.05, 0.1) is 18.6 Å². The molecular formula is C24H21F3N2O4S. The lowest BCUT2D eigenvalue weighted by Gasteiger charge is -2.32. The molecule has 0 saturated heterocycles. The van der Waals surface area contributed by atoms with Crippen LogP contribution in [0.3, 0.4) is 0 Å². The van der Waals surface area contributed by atoms with E-state index in [0.29, 0.717) is 12.2 Å². The zero-order chi connectivity index (χ0) is 24.5. The molecule has 6 nitrogen and oxygen atoms in total. The van der Waals surface area contributed by atoms with Gasteiger partial charge in [0, 0.05) is 18.8 Å². The second kappa shape index (κ2) is 9.38. The van der Waals surface area contributed by atoms with Gasteiger partial charge in [-0.05, 0) is 36.2 Å². The van der Waals surface area contributed by atoms with Crippen molar-refractivity contribution in [1.29, 1.82) is 0 Å². The SMILES string of the molecule is COc1ccc(NC(=O)c2c(F)c(F)c3c(c2F)N(CCc2ccccc2)CCS3(=O)=O)cc1. The topological polar surface area (TPSA) is 75.7 Å². The van der Waals surface area contributed by atoms with Crippen molar-refractivity contribution in [1.82, 2.24) is 0 Å². The lowest BCUT2D eigenvalue weighted by molar-refractivity contribution is 0.101. The fourth-order valence-corrected chi connectivity index (χ4v) is 5.38. The summed E-state index contributed by atoms with van der Waals surface area (Å²) in [7, 11) is -2.83. The van der Waals surface area contributed by atoms with Crippen LogP contribution in [0.4, 0.5) is 24.5 Å². The maximum absolute atomic E-state index is 15.6. The Bertz CT molecular complexity index is 1330. The van der Waals surface area contributed by atoms with E-state index in [1.165, 1.54) is 36.3 Å². The number of halogens is 3. The molecule has 178 valence electrons. The van der Waals surface area contributed by atoms with Crippen LogP contribution in [0.25, 0.3) is 0 Å². The van der Waals surface area contributed by atoms with Gasteiger partial charge < -0.3 is 15.0 Å². The standard InChI is InChI=1S/C24H21F3N2O4S/c1-33-17-9-7-16(8-10-17)28-24(30)18-19(25)21(27)23-22(20(18)26)29(13-14-34(23,31)32)12-11-15-5-3-2-4-6-15/h2-10H,11-14H2,1H3,(H,28,30). The zero-order valence-corrected chi connectivity index (χ0v) is 19.0. The monoisotopic (exact) mass is 490 g/mol. The summed E-state index contributed by atoms with van der Waals surface area (Å²) in [6.07, 6.45) is 0.409. The Kier molecular flexibility index (Phi) is 6.52. The van der Waals surface area contributed by atoms with E-state index in [4.69, 9.17) is 4.74 Å². The normalized spacial score (nSPS) is 14.4. The Morgan fingerprint density at radius 2 is 1.68 bits per heavy atom. The van der Waals surface area contributed by atoms with Crippen LogP contribution in [0.2, 0.25) is 0 Å². The van der Waals surface area contributed by atoms with Crippen LogP contribution in [-0.4, -0.2) is 40.3 Å². The second-order valence-electron chi connectivity index (χ2n) is 7.72. The number of carbonyl (C=O) groups is 1. The van der Waals surface area contributed by atoms with E-state index in [0.717, 1.165) is 5.56 Å². The van der Waals surface area contributed by atoms with E-state index in [-0.39, 0.29) is 18.8 Å². The number of hydrogen-bond donors (Lipinski definition) is 1. The summed E-state index contributed by atoms with van der Waals surface area (Å²) in [6, 6.07) is 15.1. The van der Waals surface area contributed by atoms with Crippen LogP contribution in [0, 0.1) is 17.5 Å². The molecule has 0 fully saturated rings. The van der Waals surface area contributed by atoms with Crippen molar-refractivity contribution in [2.24, 2.45) is 0 Å². The number of hydrogen-bond acceptors (Lipinski definition) is 5. The largest absolute Gasteiger partial charge is 0.497 e. The van der Waals surface area contributed by atoms with Crippen LogP contribution in [0.1, 0.15) is 15.9 Å². The molecule has 1 aliphatic rings. The van der Waals surface area contributed by atoms with Gasteiger partial charge in [-0.25, -0.2) is 21.6 Å². The fourth-order valence-electron chi connectivity index (χ4n) is 3.84. The molecule has 0 saturated carbocycles. The van der Waals surface area contributed by atoms with E-state index in [1.54, 1.807) is 0 Å². The Morgan fingerprint density at radius 3 is 2.32 bits per heavy atom. The Morgan fingerprint density at radius 1 is 1.00 bits per heavy atom. The first-order valence-electron chi connectivity index (χ1n) is 10.4. The summed E-state index contributed by atoms with van der Waals surface area (Å²) in [6.45, 7) is 0.0256. The Balaban J connectivity index is 1.74. The minimum absolute atomic E-state index is 0.121. The van der Waals surface area contributed by atoms with Crippen LogP contribution in [0.15, 0.2) is 59.5 Å². The average molecular weight is 491 g/mol. The highest BCUT2D eigenvalue weighted by molar-refractivity contribution is 7.91. The van der Waals surface area contributed by atoms with Gasteiger partial charge in [0.15, 0.2) is 27.3 Å². The fraction of sp³-hybridized carbons (Fsp3) is 0.208. The molecule has 0 aromatic heterocycles. The molecule has 0 aliphatic carbocycles. The number of benzene rings is 3. The van der Waals surface area contributed by atoms with Gasteiger partial charge in [0.2, 0.25) is 0 Å². The van der Waals surface area contributed by atoms with Crippen molar-refractivity contribution in [2.45, 2.75) is 11.3 Å². The zero-order valence-electron chi connectivity index (χ0n) is 18.1. The van der Waals surface area contributed by atoms with Gasteiger partial charge in [-0.1, -0.05) is 30.3 Å². The summed E-state index contributed by atoms with van der Waals surface area (Å²) < 4.78 is 75.6. The van der Waals surface area contributed by atoms with E-state index in [1.807, 2.05) is 30.3 Å². The number of amides is 1. The molecule has 1 N–H and O–H groups in total. The van der Waals surface area contributed by atoms with Crippen molar-refractivity contribution in [3.63, 3.8) is 0 Å². The van der Waals surface area contributed by atoms with Crippen molar-refractivity contribution in [3.05, 3.63) is 83.2 Å². The average Bonchev–Trinajstić information content (AvgIpc) is 2.82. The van der Waals surface area contributed by atoms with Crippen LogP contribution >= 0.6 is 0 Å². The van der Waals surface area contributed by atoms with Crippen molar-refractivity contribution in [2.75, 3.05) is 36.2 Å². The van der Waals surface area contributed by atoms with Gasteiger partial charge in [-0.3, -0.25) is 4.79 Å². The first-order valence-corrected chi connectivity index (χ1v) is 12.1. The van der Waals surface area contributed by atoms with Gasteiger partial charge >= 0.3 is 0 Å². The van der Waals surface area contributed by atoms with Crippen molar-refractivity contribution >= 4 is 27.1 Å². The molecule has 0 spiro atoms. The predicted molar refractivity (Wildman–Crippen MR) is 122 cm³/mol. The molecular weight excluding hydrogens is 469 g/mol. The summed E-state index contributed by atoms with van der Waals surface area (Å²) in [4.78, 5) is 13.0. The summed E-state index contributed by atoms with van der Waals surface area (Å²) in [5.41, 5.74) is -0.718. The molecule has 3 aromatic rings. The minimum atomic E-state index is -4.28. The highest BCUT2D eigenvalue weighted by atomic mass is 32.2. The highest BCUT2D eigenvalue weighted by Gasteiger charge is 2.39. The number of methoxy groups -OCH3 is 1.